The van der Waals surface area contributed by atoms with E-state index in [1.165, 1.54) is 31.3 Å². The fraction of sp³-hybridized carbons (Fsp3) is 0.333. The lowest BCUT2D eigenvalue weighted by molar-refractivity contribution is -0.140. The molecular weight excluding hydrogens is 373 g/mol. The summed E-state index contributed by atoms with van der Waals surface area (Å²) in [5.74, 6) is -1.82. The highest BCUT2D eigenvalue weighted by Gasteiger charge is 2.33. The van der Waals surface area contributed by atoms with Crippen LogP contribution in [0.2, 0.25) is 0 Å². The van der Waals surface area contributed by atoms with Gasteiger partial charge >= 0.3 is 11.9 Å². The Morgan fingerprint density at radius 3 is 2.52 bits per heavy atom. The number of carbonyl (C=O) groups excluding carboxylic acids is 2. The number of halogens is 2. The summed E-state index contributed by atoms with van der Waals surface area (Å²) in [4.78, 5) is 25.5. The third kappa shape index (κ3) is 3.23. The van der Waals surface area contributed by atoms with Crippen LogP contribution < -0.4 is 4.90 Å². The third-order valence-corrected chi connectivity index (χ3v) is 4.41. The smallest absolute Gasteiger partial charge is 0.355 e. The molecule has 1 aromatic rings. The maximum absolute atomic E-state index is 13.6. The first-order chi connectivity index (χ1) is 10.9. The molecule has 1 aliphatic rings. The van der Waals surface area contributed by atoms with Crippen LogP contribution in [0.5, 0.6) is 0 Å². The van der Waals surface area contributed by atoms with Gasteiger partial charge in [0.25, 0.3) is 0 Å². The second kappa shape index (κ2) is 7.10. The molecule has 0 radical (unpaired) electrons. The maximum Gasteiger partial charge on any atom is 0.355 e. The lowest BCUT2D eigenvalue weighted by Crippen LogP contribution is -2.39. The fourth-order valence-corrected chi connectivity index (χ4v) is 2.60. The summed E-state index contributed by atoms with van der Waals surface area (Å²) in [6.07, 6.45) is 0. The van der Waals surface area contributed by atoms with Gasteiger partial charge in [-0.25, -0.2) is 14.0 Å². The maximum atomic E-state index is 13.6. The lowest BCUT2D eigenvalue weighted by Gasteiger charge is -2.32. The zero-order valence-electron chi connectivity index (χ0n) is 12.8. The second-order valence-electron chi connectivity index (χ2n) is 4.72. The van der Waals surface area contributed by atoms with Crippen molar-refractivity contribution in [1.29, 1.82) is 0 Å². The summed E-state index contributed by atoms with van der Waals surface area (Å²) >= 11 is 3.16. The molecule has 0 saturated carbocycles. The number of esters is 2. The molecule has 124 valence electrons. The van der Waals surface area contributed by atoms with Gasteiger partial charge in [0.05, 0.1) is 30.9 Å². The minimum atomic E-state index is -0.700. The molecule has 0 N–H and O–H groups in total. The summed E-state index contributed by atoms with van der Waals surface area (Å²) in [6, 6.07) is 2.76. The van der Waals surface area contributed by atoms with Crippen molar-refractivity contribution in [2.45, 2.75) is 6.92 Å². The highest BCUT2D eigenvalue weighted by molar-refractivity contribution is 9.10. The molecule has 0 fully saturated rings. The van der Waals surface area contributed by atoms with Crippen molar-refractivity contribution < 1.29 is 28.2 Å². The van der Waals surface area contributed by atoms with E-state index in [1.807, 2.05) is 0 Å². The first kappa shape index (κ1) is 17.4. The van der Waals surface area contributed by atoms with Gasteiger partial charge in [0.1, 0.15) is 18.2 Å². The molecule has 0 saturated heterocycles. The van der Waals surface area contributed by atoms with Crippen LogP contribution in [0.3, 0.4) is 0 Å². The summed E-state index contributed by atoms with van der Waals surface area (Å²) in [5, 5.41) is 0. The summed E-state index contributed by atoms with van der Waals surface area (Å²) in [5.41, 5.74) is 1.14. The Kier molecular flexibility index (Phi) is 5.38. The highest BCUT2D eigenvalue weighted by Crippen LogP contribution is 2.34. The van der Waals surface area contributed by atoms with Crippen molar-refractivity contribution in [3.8, 4) is 0 Å². The molecule has 6 nitrogen and oxygen atoms in total. The van der Waals surface area contributed by atoms with E-state index in [1.54, 1.807) is 6.92 Å². The first-order valence-electron chi connectivity index (χ1n) is 6.62. The number of nitrogens with zero attached hydrogens (tertiary/aromatic N) is 1. The average Bonchev–Trinajstić information content (AvgIpc) is 2.57. The van der Waals surface area contributed by atoms with Crippen molar-refractivity contribution in [2.24, 2.45) is 0 Å². The van der Waals surface area contributed by atoms with Crippen LogP contribution >= 0.6 is 15.9 Å². The normalized spacial score (nSPS) is 14.7. The number of hydrogen-bond donors (Lipinski definition) is 0. The third-order valence-electron chi connectivity index (χ3n) is 3.43. The van der Waals surface area contributed by atoms with E-state index < -0.39 is 17.8 Å². The van der Waals surface area contributed by atoms with Crippen molar-refractivity contribution in [2.75, 3.05) is 32.5 Å². The lowest BCUT2D eigenvalue weighted by atomic mass is 10.1. The average molecular weight is 388 g/mol. The Labute approximate surface area is 140 Å². The van der Waals surface area contributed by atoms with Gasteiger partial charge < -0.3 is 19.1 Å². The van der Waals surface area contributed by atoms with E-state index in [4.69, 9.17) is 14.2 Å². The molecule has 0 bridgehead atoms. The zero-order chi connectivity index (χ0) is 17.1. The molecule has 0 amide bonds. The van der Waals surface area contributed by atoms with Crippen molar-refractivity contribution in [3.05, 3.63) is 39.3 Å². The number of carbonyl (C=O) groups is 2. The van der Waals surface area contributed by atoms with Gasteiger partial charge in [-0.3, -0.25) is 0 Å². The van der Waals surface area contributed by atoms with Crippen LogP contribution in [-0.4, -0.2) is 39.5 Å². The number of rotatable bonds is 3. The minimum Gasteiger partial charge on any atom is -0.466 e. The second-order valence-corrected chi connectivity index (χ2v) is 5.51. The van der Waals surface area contributed by atoms with E-state index in [2.05, 4.69) is 15.9 Å². The van der Waals surface area contributed by atoms with E-state index in [-0.39, 0.29) is 29.1 Å². The fourth-order valence-electron chi connectivity index (χ4n) is 2.27. The van der Waals surface area contributed by atoms with Crippen molar-refractivity contribution in [1.82, 2.24) is 0 Å². The van der Waals surface area contributed by atoms with Crippen LogP contribution in [0.1, 0.15) is 5.56 Å². The Bertz CT molecular complexity index is 689. The molecule has 2 rings (SSSR count). The number of anilines is 1. The molecule has 1 aliphatic heterocycles. The van der Waals surface area contributed by atoms with Gasteiger partial charge in [0.2, 0.25) is 0 Å². The molecule has 0 atom stereocenters. The van der Waals surface area contributed by atoms with Gasteiger partial charge in [0, 0.05) is 5.69 Å². The standard InChI is InChI=1S/C15H15BrFNO5/c1-8-11(5-4-10(17)12(8)16)18-7-23-6-9(14(19)21-2)13(18)15(20)22-3/h4-5H,6-7H2,1-3H3. The number of ether oxygens (including phenoxy) is 3. The van der Waals surface area contributed by atoms with Crippen LogP contribution in [0.25, 0.3) is 0 Å². The highest BCUT2D eigenvalue weighted by atomic mass is 79.9. The van der Waals surface area contributed by atoms with E-state index in [0.717, 1.165) is 0 Å². The topological polar surface area (TPSA) is 65.1 Å². The summed E-state index contributed by atoms with van der Waals surface area (Å²) < 4.78 is 28.7. The molecular formula is C15H15BrFNO5. The van der Waals surface area contributed by atoms with E-state index in [0.29, 0.717) is 11.3 Å². The van der Waals surface area contributed by atoms with Gasteiger partial charge in [-0.1, -0.05) is 0 Å². The molecule has 8 heteroatoms. The predicted molar refractivity (Wildman–Crippen MR) is 83.2 cm³/mol. The minimum absolute atomic E-state index is 0.0177. The SMILES string of the molecule is COC(=O)C1=C(C(=O)OC)N(c2ccc(F)c(Br)c2C)COC1. The van der Waals surface area contributed by atoms with Gasteiger partial charge in [-0.2, -0.15) is 0 Å². The molecule has 1 aromatic carbocycles. The van der Waals surface area contributed by atoms with Crippen LogP contribution in [-0.2, 0) is 23.8 Å². The van der Waals surface area contributed by atoms with Crippen molar-refractivity contribution >= 4 is 33.6 Å². The van der Waals surface area contributed by atoms with Crippen LogP contribution in [0.4, 0.5) is 10.1 Å². The Hall–Kier alpha value is -1.93. The van der Waals surface area contributed by atoms with E-state index in [9.17, 15) is 14.0 Å². The molecule has 1 heterocycles. The van der Waals surface area contributed by atoms with Crippen LogP contribution in [0, 0.1) is 12.7 Å². The molecule has 0 aliphatic carbocycles. The first-order valence-corrected chi connectivity index (χ1v) is 7.41. The molecule has 0 unspecified atom stereocenters. The Morgan fingerprint density at radius 2 is 1.91 bits per heavy atom. The van der Waals surface area contributed by atoms with Gasteiger partial charge in [-0.05, 0) is 40.5 Å². The predicted octanol–water partition coefficient (Wildman–Crippen LogP) is 2.29. The molecule has 23 heavy (non-hydrogen) atoms. The van der Waals surface area contributed by atoms with Gasteiger partial charge in [0.15, 0.2) is 0 Å². The summed E-state index contributed by atoms with van der Waals surface area (Å²) in [6.45, 7) is 1.63. The quantitative estimate of drug-likeness (QED) is 0.741. The van der Waals surface area contributed by atoms with E-state index >= 15 is 0 Å². The van der Waals surface area contributed by atoms with Gasteiger partial charge in [-0.15, -0.1) is 0 Å². The monoisotopic (exact) mass is 387 g/mol. The number of methoxy groups -OCH3 is 2. The van der Waals surface area contributed by atoms with Crippen LogP contribution in [0.15, 0.2) is 27.9 Å². The Morgan fingerprint density at radius 1 is 1.26 bits per heavy atom. The number of hydrogen-bond acceptors (Lipinski definition) is 6. The molecule has 0 spiro atoms. The van der Waals surface area contributed by atoms with Crippen molar-refractivity contribution in [3.63, 3.8) is 0 Å². The molecule has 0 aromatic heterocycles. The largest absolute Gasteiger partial charge is 0.466 e. The summed E-state index contributed by atoms with van der Waals surface area (Å²) in [7, 11) is 2.42. The Balaban J connectivity index is 2.62. The zero-order valence-corrected chi connectivity index (χ0v) is 14.4. The number of benzene rings is 1.